The average molecular weight is 210 g/mol. The van der Waals surface area contributed by atoms with Gasteiger partial charge in [-0.2, -0.15) is 5.10 Å². The number of hydrogen-bond acceptors (Lipinski definition) is 4. The molecule has 0 aliphatic rings. The van der Waals surface area contributed by atoms with Gasteiger partial charge in [0, 0.05) is 14.1 Å². The first kappa shape index (κ1) is 9.50. The fourth-order valence-corrected chi connectivity index (χ4v) is 1.50. The molecule has 80 valence electrons. The van der Waals surface area contributed by atoms with Crippen LogP contribution in [0.25, 0.3) is 11.0 Å². The van der Waals surface area contributed by atoms with Crippen LogP contribution in [0.2, 0.25) is 0 Å². The lowest BCUT2D eigenvalue weighted by Crippen LogP contribution is -2.42. The Labute approximate surface area is 84.1 Å². The van der Waals surface area contributed by atoms with Crippen molar-refractivity contribution in [1.82, 2.24) is 19.1 Å². The smallest absolute Gasteiger partial charge is 0.365 e. The topological polar surface area (TPSA) is 71.1 Å². The Balaban J connectivity index is 3.13. The zero-order valence-electron chi connectivity index (χ0n) is 8.59. The van der Waals surface area contributed by atoms with Gasteiger partial charge in [0.15, 0.2) is 5.52 Å². The third-order valence-corrected chi connectivity index (χ3v) is 2.31. The van der Waals surface area contributed by atoms with E-state index < -0.39 is 11.2 Å². The van der Waals surface area contributed by atoms with Gasteiger partial charge in [0.2, 0.25) is 0 Å². The minimum absolute atomic E-state index is 0.332. The molecular formula is C8H10N4O3. The Morgan fingerprint density at radius 3 is 2.60 bits per heavy atom. The largest absolute Gasteiger partial charge is 0.409 e. The summed E-state index contributed by atoms with van der Waals surface area (Å²) in [6, 6.07) is 0. The second-order valence-electron chi connectivity index (χ2n) is 3.13. The maximum absolute atomic E-state index is 11.8. The Bertz CT molecular complexity index is 634. The number of aryl methyl sites for hydroxylation is 2. The molecule has 0 bridgehead atoms. The van der Waals surface area contributed by atoms with E-state index in [1.165, 1.54) is 22.6 Å². The van der Waals surface area contributed by atoms with Gasteiger partial charge in [0.1, 0.15) is 7.11 Å². The van der Waals surface area contributed by atoms with Gasteiger partial charge in [-0.3, -0.25) is 14.0 Å². The molecule has 0 spiro atoms. The SMILES string of the molecule is COn1c(=O)c2c(cnn2C)n(C)c1=O. The highest BCUT2D eigenvalue weighted by atomic mass is 16.7. The first-order chi connectivity index (χ1) is 7.07. The summed E-state index contributed by atoms with van der Waals surface area (Å²) in [5.41, 5.74) is -0.210. The van der Waals surface area contributed by atoms with E-state index in [0.717, 1.165) is 0 Å². The van der Waals surface area contributed by atoms with Crippen molar-refractivity contribution in [2.24, 2.45) is 14.1 Å². The van der Waals surface area contributed by atoms with Gasteiger partial charge >= 0.3 is 11.2 Å². The summed E-state index contributed by atoms with van der Waals surface area (Å²) in [4.78, 5) is 28.1. The quantitative estimate of drug-likeness (QED) is 0.574. The summed E-state index contributed by atoms with van der Waals surface area (Å²) in [5.74, 6) is 0. The lowest BCUT2D eigenvalue weighted by Gasteiger charge is -2.05. The van der Waals surface area contributed by atoms with Crippen molar-refractivity contribution in [3.05, 3.63) is 27.0 Å². The molecule has 0 unspecified atom stereocenters. The van der Waals surface area contributed by atoms with E-state index in [1.807, 2.05) is 0 Å². The van der Waals surface area contributed by atoms with E-state index >= 15 is 0 Å². The molecule has 0 fully saturated rings. The predicted molar refractivity (Wildman–Crippen MR) is 52.7 cm³/mol. The van der Waals surface area contributed by atoms with Gasteiger partial charge < -0.3 is 4.84 Å². The minimum Gasteiger partial charge on any atom is -0.409 e. The highest BCUT2D eigenvalue weighted by Gasteiger charge is 2.14. The predicted octanol–water partition coefficient (Wildman–Crippen LogP) is -1.51. The summed E-state index contributed by atoms with van der Waals surface area (Å²) in [7, 11) is 4.46. The van der Waals surface area contributed by atoms with Crippen molar-refractivity contribution < 1.29 is 4.84 Å². The van der Waals surface area contributed by atoms with Gasteiger partial charge in [0.05, 0.1) is 11.7 Å². The molecule has 0 aromatic carbocycles. The number of hydrogen-bond donors (Lipinski definition) is 0. The zero-order chi connectivity index (χ0) is 11.2. The van der Waals surface area contributed by atoms with Gasteiger partial charge in [-0.05, 0) is 0 Å². The maximum Gasteiger partial charge on any atom is 0.365 e. The van der Waals surface area contributed by atoms with Crippen LogP contribution < -0.4 is 16.1 Å². The van der Waals surface area contributed by atoms with Gasteiger partial charge in [-0.1, -0.05) is 4.73 Å². The molecule has 15 heavy (non-hydrogen) atoms. The second kappa shape index (κ2) is 2.97. The molecule has 0 amide bonds. The van der Waals surface area contributed by atoms with Crippen LogP contribution in [0.5, 0.6) is 0 Å². The van der Waals surface area contributed by atoms with Crippen molar-refractivity contribution in [3.8, 4) is 0 Å². The van der Waals surface area contributed by atoms with Crippen LogP contribution in [0.15, 0.2) is 15.8 Å². The van der Waals surface area contributed by atoms with E-state index in [2.05, 4.69) is 5.10 Å². The van der Waals surface area contributed by atoms with Crippen molar-refractivity contribution in [3.63, 3.8) is 0 Å². The van der Waals surface area contributed by atoms with Gasteiger partial charge in [-0.25, -0.2) is 4.79 Å². The number of fused-ring (bicyclic) bond motifs is 1. The molecule has 0 N–H and O–H groups in total. The Morgan fingerprint density at radius 1 is 1.33 bits per heavy atom. The van der Waals surface area contributed by atoms with Gasteiger partial charge in [0.25, 0.3) is 0 Å². The van der Waals surface area contributed by atoms with Crippen LogP contribution in [0, 0.1) is 0 Å². The molecule has 2 aromatic rings. The standard InChI is InChI=1S/C8H10N4O3/c1-10-5-4-9-11(2)6(5)7(13)12(15-3)8(10)14/h4H,1-3H3. The number of nitrogens with zero attached hydrogens (tertiary/aromatic N) is 4. The minimum atomic E-state index is -0.525. The highest BCUT2D eigenvalue weighted by Crippen LogP contribution is 2.03. The molecule has 7 nitrogen and oxygen atoms in total. The van der Waals surface area contributed by atoms with Crippen molar-refractivity contribution in [2.75, 3.05) is 7.11 Å². The second-order valence-corrected chi connectivity index (χ2v) is 3.13. The van der Waals surface area contributed by atoms with Crippen LogP contribution in [0.4, 0.5) is 0 Å². The Morgan fingerprint density at radius 2 is 2.00 bits per heavy atom. The monoisotopic (exact) mass is 210 g/mol. The van der Waals surface area contributed by atoms with Gasteiger partial charge in [-0.15, -0.1) is 0 Å². The van der Waals surface area contributed by atoms with E-state index in [9.17, 15) is 9.59 Å². The van der Waals surface area contributed by atoms with Crippen molar-refractivity contribution in [2.45, 2.75) is 0 Å². The molecule has 2 aromatic heterocycles. The molecule has 0 aliphatic heterocycles. The molecule has 0 saturated heterocycles. The Hall–Kier alpha value is -2.05. The molecule has 0 radical (unpaired) electrons. The summed E-state index contributed by atoms with van der Waals surface area (Å²) < 4.78 is 3.42. The molecule has 0 atom stereocenters. The van der Waals surface area contributed by atoms with Crippen molar-refractivity contribution in [1.29, 1.82) is 0 Å². The molecule has 0 aliphatic carbocycles. The molecule has 0 saturated carbocycles. The van der Waals surface area contributed by atoms with Crippen LogP contribution in [-0.4, -0.2) is 26.2 Å². The van der Waals surface area contributed by atoms with E-state index in [-0.39, 0.29) is 0 Å². The summed E-state index contributed by atoms with van der Waals surface area (Å²) >= 11 is 0. The van der Waals surface area contributed by atoms with Crippen molar-refractivity contribution >= 4 is 11.0 Å². The van der Waals surface area contributed by atoms with Crippen LogP contribution in [0.1, 0.15) is 0 Å². The molecule has 7 heteroatoms. The first-order valence-electron chi connectivity index (χ1n) is 4.26. The number of aromatic nitrogens is 4. The summed E-state index contributed by atoms with van der Waals surface area (Å²) in [6.45, 7) is 0. The average Bonchev–Trinajstić information content (AvgIpc) is 2.58. The lowest BCUT2D eigenvalue weighted by molar-refractivity contribution is 0.142. The third kappa shape index (κ3) is 1.09. The fourth-order valence-electron chi connectivity index (χ4n) is 1.50. The fraction of sp³-hybridized carbons (Fsp3) is 0.375. The van der Waals surface area contributed by atoms with Crippen LogP contribution >= 0.6 is 0 Å². The van der Waals surface area contributed by atoms with Crippen LogP contribution in [-0.2, 0) is 14.1 Å². The normalized spacial score (nSPS) is 10.9. The zero-order valence-corrected chi connectivity index (χ0v) is 8.59. The van der Waals surface area contributed by atoms with E-state index in [0.29, 0.717) is 15.8 Å². The van der Waals surface area contributed by atoms with E-state index in [4.69, 9.17) is 4.84 Å². The first-order valence-corrected chi connectivity index (χ1v) is 4.26. The van der Waals surface area contributed by atoms with Crippen LogP contribution in [0.3, 0.4) is 0 Å². The number of rotatable bonds is 1. The maximum atomic E-state index is 11.8. The third-order valence-electron chi connectivity index (χ3n) is 2.31. The molecule has 2 rings (SSSR count). The Kier molecular flexibility index (Phi) is 1.88. The summed E-state index contributed by atoms with van der Waals surface area (Å²) in [5, 5.41) is 3.92. The molecular weight excluding hydrogens is 200 g/mol. The summed E-state index contributed by atoms with van der Waals surface area (Å²) in [6.07, 6.45) is 1.47. The lowest BCUT2D eigenvalue weighted by atomic mass is 10.4. The highest BCUT2D eigenvalue weighted by molar-refractivity contribution is 5.73. The molecule has 2 heterocycles. The van der Waals surface area contributed by atoms with E-state index in [1.54, 1.807) is 14.1 Å².